The third-order valence-electron chi connectivity index (χ3n) is 4.57. The van der Waals surface area contributed by atoms with Crippen LogP contribution in [0.1, 0.15) is 21.6 Å². The number of nitrogens with zero attached hydrogens (tertiary/aromatic N) is 2. The Hall–Kier alpha value is -2.74. The molecule has 2 aromatic heterocycles. The van der Waals surface area contributed by atoms with Gasteiger partial charge in [0.1, 0.15) is 5.15 Å². The SMILES string of the molecule is CNc1ccc(-c2ccc3c(c2)CCNC3=O)n2c(Cl)c(C(F)(F)F)nc12. The molecular formula is C18H14ClF3N4O. The lowest BCUT2D eigenvalue weighted by molar-refractivity contribution is -0.140. The first-order valence-corrected chi connectivity index (χ1v) is 8.56. The number of fused-ring (bicyclic) bond motifs is 2. The van der Waals surface area contributed by atoms with Crippen LogP contribution in [0.4, 0.5) is 18.9 Å². The van der Waals surface area contributed by atoms with E-state index in [0.717, 1.165) is 5.56 Å². The molecule has 27 heavy (non-hydrogen) atoms. The summed E-state index contributed by atoms with van der Waals surface area (Å²) in [6, 6.07) is 8.51. The van der Waals surface area contributed by atoms with Gasteiger partial charge in [-0.1, -0.05) is 17.7 Å². The molecule has 1 aliphatic heterocycles. The Morgan fingerprint density at radius 3 is 2.74 bits per heavy atom. The maximum Gasteiger partial charge on any atom is 0.436 e. The van der Waals surface area contributed by atoms with E-state index in [1.807, 2.05) is 6.07 Å². The van der Waals surface area contributed by atoms with Gasteiger partial charge in [0.05, 0.1) is 11.4 Å². The quantitative estimate of drug-likeness (QED) is 0.690. The summed E-state index contributed by atoms with van der Waals surface area (Å²) in [5.74, 6) is -0.154. The number of aromatic nitrogens is 2. The van der Waals surface area contributed by atoms with Gasteiger partial charge in [-0.15, -0.1) is 0 Å². The van der Waals surface area contributed by atoms with Crippen LogP contribution in [-0.4, -0.2) is 28.9 Å². The van der Waals surface area contributed by atoms with E-state index in [-0.39, 0.29) is 11.6 Å². The summed E-state index contributed by atoms with van der Waals surface area (Å²) in [4.78, 5) is 15.6. The second kappa shape index (κ2) is 6.16. The first-order chi connectivity index (χ1) is 12.8. The van der Waals surface area contributed by atoms with Crippen LogP contribution in [0.15, 0.2) is 30.3 Å². The highest BCUT2D eigenvalue weighted by atomic mass is 35.5. The molecule has 0 saturated carbocycles. The van der Waals surface area contributed by atoms with Crippen molar-refractivity contribution in [1.29, 1.82) is 0 Å². The number of hydrogen-bond donors (Lipinski definition) is 2. The van der Waals surface area contributed by atoms with Gasteiger partial charge in [0.15, 0.2) is 11.3 Å². The highest BCUT2D eigenvalue weighted by Gasteiger charge is 2.38. The second-order valence-electron chi connectivity index (χ2n) is 6.17. The van der Waals surface area contributed by atoms with Gasteiger partial charge in [-0.2, -0.15) is 13.2 Å². The smallest absolute Gasteiger partial charge is 0.385 e. The van der Waals surface area contributed by atoms with Crippen molar-refractivity contribution in [2.45, 2.75) is 12.6 Å². The van der Waals surface area contributed by atoms with Gasteiger partial charge in [-0.3, -0.25) is 9.20 Å². The first-order valence-electron chi connectivity index (χ1n) is 8.18. The maximum atomic E-state index is 13.3. The van der Waals surface area contributed by atoms with E-state index in [9.17, 15) is 18.0 Å². The third kappa shape index (κ3) is 2.80. The molecule has 0 saturated heterocycles. The molecule has 3 aromatic rings. The molecule has 0 atom stereocenters. The number of rotatable bonds is 2. The van der Waals surface area contributed by atoms with Crippen molar-refractivity contribution in [3.8, 4) is 11.3 Å². The molecule has 0 unspecified atom stereocenters. The zero-order valence-electron chi connectivity index (χ0n) is 14.1. The van der Waals surface area contributed by atoms with Crippen LogP contribution in [0.2, 0.25) is 5.15 Å². The van der Waals surface area contributed by atoms with E-state index in [2.05, 4.69) is 15.6 Å². The van der Waals surface area contributed by atoms with Crippen molar-refractivity contribution < 1.29 is 18.0 Å². The highest BCUT2D eigenvalue weighted by molar-refractivity contribution is 6.31. The van der Waals surface area contributed by atoms with Crippen molar-refractivity contribution in [2.75, 3.05) is 18.9 Å². The third-order valence-corrected chi connectivity index (χ3v) is 4.92. The molecule has 3 heterocycles. The van der Waals surface area contributed by atoms with Gasteiger partial charge in [0, 0.05) is 19.2 Å². The van der Waals surface area contributed by atoms with E-state index >= 15 is 0 Å². The summed E-state index contributed by atoms with van der Waals surface area (Å²) in [5, 5.41) is 5.10. The minimum Gasteiger partial charge on any atom is -0.385 e. The zero-order chi connectivity index (χ0) is 19.3. The number of nitrogens with one attached hydrogen (secondary N) is 2. The van der Waals surface area contributed by atoms with Crippen LogP contribution in [0.3, 0.4) is 0 Å². The Labute approximate surface area is 157 Å². The lowest BCUT2D eigenvalue weighted by atomic mass is 9.96. The molecule has 140 valence electrons. The standard InChI is InChI=1S/C18H14ClF3N4O/c1-23-12-4-5-13(26-15(19)14(18(20,21)22)25-16(12)26)10-2-3-11-9(8-10)6-7-24-17(11)27/h2-5,8,23H,6-7H2,1H3,(H,24,27). The Morgan fingerprint density at radius 2 is 2.04 bits per heavy atom. The Balaban J connectivity index is 1.98. The highest BCUT2D eigenvalue weighted by Crippen LogP contribution is 2.38. The fourth-order valence-electron chi connectivity index (χ4n) is 3.30. The number of carbonyl (C=O) groups excluding carboxylic acids is 1. The van der Waals surface area contributed by atoms with E-state index < -0.39 is 17.0 Å². The molecule has 1 aromatic carbocycles. The number of halogens is 4. The number of amides is 1. The fraction of sp³-hybridized carbons (Fsp3) is 0.222. The van der Waals surface area contributed by atoms with Crippen LogP contribution in [0.25, 0.3) is 16.9 Å². The van der Waals surface area contributed by atoms with Gasteiger partial charge in [-0.05, 0) is 41.8 Å². The number of alkyl halides is 3. The minimum absolute atomic E-state index is 0.0859. The summed E-state index contributed by atoms with van der Waals surface area (Å²) in [6.45, 7) is 0.521. The van der Waals surface area contributed by atoms with Crippen molar-refractivity contribution in [3.63, 3.8) is 0 Å². The van der Waals surface area contributed by atoms with Crippen LogP contribution in [0, 0.1) is 0 Å². The molecule has 0 radical (unpaired) electrons. The number of anilines is 1. The molecule has 4 rings (SSSR count). The molecule has 1 aliphatic rings. The number of imidazole rings is 1. The Kier molecular flexibility index (Phi) is 4.03. The molecule has 0 spiro atoms. The van der Waals surface area contributed by atoms with Crippen molar-refractivity contribution in [3.05, 3.63) is 52.3 Å². The number of pyridine rings is 1. The molecule has 9 heteroatoms. The van der Waals surface area contributed by atoms with Crippen molar-refractivity contribution in [2.24, 2.45) is 0 Å². The minimum atomic E-state index is -4.67. The number of hydrogen-bond acceptors (Lipinski definition) is 3. The van der Waals surface area contributed by atoms with E-state index in [1.165, 1.54) is 4.40 Å². The summed E-state index contributed by atoms with van der Waals surface area (Å²) < 4.78 is 41.2. The molecular weight excluding hydrogens is 381 g/mol. The van der Waals surface area contributed by atoms with Crippen molar-refractivity contribution >= 4 is 28.8 Å². The molecule has 5 nitrogen and oxygen atoms in total. The average molecular weight is 395 g/mol. The Bertz CT molecular complexity index is 1070. The van der Waals surface area contributed by atoms with Gasteiger partial charge < -0.3 is 10.6 Å². The number of carbonyl (C=O) groups is 1. The van der Waals surface area contributed by atoms with Crippen LogP contribution in [-0.2, 0) is 12.6 Å². The molecule has 2 N–H and O–H groups in total. The summed E-state index contributed by atoms with van der Waals surface area (Å²) in [7, 11) is 1.60. The summed E-state index contributed by atoms with van der Waals surface area (Å²) in [5.41, 5.74) is 1.91. The topological polar surface area (TPSA) is 58.4 Å². The maximum absolute atomic E-state index is 13.3. The van der Waals surface area contributed by atoms with Gasteiger partial charge in [0.2, 0.25) is 0 Å². The molecule has 0 aliphatic carbocycles. The fourth-order valence-corrected chi connectivity index (χ4v) is 3.62. The largest absolute Gasteiger partial charge is 0.436 e. The van der Waals surface area contributed by atoms with Crippen molar-refractivity contribution in [1.82, 2.24) is 14.7 Å². The average Bonchev–Trinajstić information content (AvgIpc) is 2.99. The monoisotopic (exact) mass is 394 g/mol. The molecule has 1 amide bonds. The van der Waals surface area contributed by atoms with Crippen LogP contribution < -0.4 is 10.6 Å². The van der Waals surface area contributed by atoms with E-state index in [4.69, 9.17) is 11.6 Å². The van der Waals surface area contributed by atoms with E-state index in [1.54, 1.807) is 31.3 Å². The Morgan fingerprint density at radius 1 is 1.26 bits per heavy atom. The van der Waals surface area contributed by atoms with Gasteiger partial charge in [-0.25, -0.2) is 4.98 Å². The first kappa shape index (κ1) is 17.7. The van der Waals surface area contributed by atoms with Crippen LogP contribution in [0.5, 0.6) is 0 Å². The lowest BCUT2D eigenvalue weighted by Crippen LogP contribution is -2.31. The second-order valence-corrected chi connectivity index (χ2v) is 6.53. The zero-order valence-corrected chi connectivity index (χ0v) is 14.9. The van der Waals surface area contributed by atoms with Crippen LogP contribution >= 0.6 is 11.6 Å². The normalized spacial score (nSPS) is 14.2. The lowest BCUT2D eigenvalue weighted by Gasteiger charge is -2.18. The predicted octanol–water partition coefficient (Wildman–Crippen LogP) is 4.00. The number of benzene rings is 1. The molecule has 0 bridgehead atoms. The summed E-state index contributed by atoms with van der Waals surface area (Å²) >= 11 is 6.08. The summed E-state index contributed by atoms with van der Waals surface area (Å²) in [6.07, 6.45) is -4.02. The molecule has 0 fully saturated rings. The van der Waals surface area contributed by atoms with Gasteiger partial charge >= 0.3 is 6.18 Å². The van der Waals surface area contributed by atoms with Gasteiger partial charge in [0.25, 0.3) is 5.91 Å². The predicted molar refractivity (Wildman–Crippen MR) is 96.2 cm³/mol. The van der Waals surface area contributed by atoms with E-state index in [0.29, 0.717) is 35.5 Å².